The highest BCUT2D eigenvalue weighted by Gasteiger charge is 2.21. The minimum atomic E-state index is -0.477. The van der Waals surface area contributed by atoms with Gasteiger partial charge in [-0.05, 0) is 54.5 Å². The minimum absolute atomic E-state index is 0.0679. The summed E-state index contributed by atoms with van der Waals surface area (Å²) in [5, 5.41) is 11.2. The van der Waals surface area contributed by atoms with Crippen LogP contribution >= 0.6 is 0 Å². The number of carbonyl (C=O) groups is 1. The molecule has 0 fully saturated rings. The minimum Gasteiger partial charge on any atom is -0.494 e. The van der Waals surface area contributed by atoms with Crippen LogP contribution in [0.25, 0.3) is 22.7 Å². The maximum Gasteiger partial charge on any atom is 0.270 e. The molecule has 3 aromatic carbocycles. The molecule has 4 aromatic rings. The predicted octanol–water partition coefficient (Wildman–Crippen LogP) is 6.34. The molecule has 166 valence electrons. The zero-order valence-electron chi connectivity index (χ0n) is 18.1. The Bertz CT molecular complexity index is 1290. The molecule has 0 atom stereocenters. The summed E-state index contributed by atoms with van der Waals surface area (Å²) in [5.74, 6) is 0.523. The molecule has 33 heavy (non-hydrogen) atoms. The second-order valence-electron chi connectivity index (χ2n) is 7.45. The molecule has 0 aliphatic rings. The third-order valence-corrected chi connectivity index (χ3v) is 5.04. The van der Waals surface area contributed by atoms with Crippen molar-refractivity contribution in [1.82, 2.24) is 4.98 Å². The monoisotopic (exact) mass is 442 g/mol. The van der Waals surface area contributed by atoms with Gasteiger partial charge < -0.3 is 9.15 Å². The molecular weight excluding hydrogens is 420 g/mol. The molecule has 0 saturated carbocycles. The number of nitrogens with zero attached hydrogens (tertiary/aromatic N) is 2. The van der Waals surface area contributed by atoms with Crippen molar-refractivity contribution in [2.75, 3.05) is 6.61 Å². The molecule has 1 aromatic heterocycles. The van der Waals surface area contributed by atoms with E-state index in [1.54, 1.807) is 54.6 Å². The van der Waals surface area contributed by atoms with E-state index in [0.29, 0.717) is 34.6 Å². The molecule has 0 aliphatic carbocycles. The Kier molecular flexibility index (Phi) is 6.59. The molecule has 0 amide bonds. The molecule has 0 saturated heterocycles. The van der Waals surface area contributed by atoms with Crippen LogP contribution in [0.3, 0.4) is 0 Å². The van der Waals surface area contributed by atoms with Gasteiger partial charge in [-0.1, -0.05) is 37.6 Å². The number of allylic oxidation sites excluding steroid dienone is 1. The lowest BCUT2D eigenvalue weighted by Gasteiger charge is -2.07. The first kappa shape index (κ1) is 22.0. The lowest BCUT2D eigenvalue weighted by atomic mass is 10.0. The molecule has 0 unspecified atom stereocenters. The van der Waals surface area contributed by atoms with Crippen molar-refractivity contribution in [3.63, 3.8) is 0 Å². The fraction of sp³-hybridized carbons (Fsp3) is 0.154. The van der Waals surface area contributed by atoms with Crippen molar-refractivity contribution in [2.45, 2.75) is 19.8 Å². The van der Waals surface area contributed by atoms with Crippen LogP contribution in [-0.2, 0) is 0 Å². The van der Waals surface area contributed by atoms with Gasteiger partial charge in [-0.25, -0.2) is 4.98 Å². The number of nitro benzene ring substituents is 1. The normalized spacial score (nSPS) is 11.5. The Morgan fingerprint density at radius 2 is 1.88 bits per heavy atom. The molecule has 0 bridgehead atoms. The maximum atomic E-state index is 13.5. The number of ketones is 1. The van der Waals surface area contributed by atoms with Crippen molar-refractivity contribution in [2.24, 2.45) is 0 Å². The van der Waals surface area contributed by atoms with Gasteiger partial charge in [0, 0.05) is 17.7 Å². The summed E-state index contributed by atoms with van der Waals surface area (Å²) < 4.78 is 11.5. The Labute approximate surface area is 190 Å². The second kappa shape index (κ2) is 9.91. The van der Waals surface area contributed by atoms with E-state index in [-0.39, 0.29) is 22.9 Å². The SMILES string of the molecule is CCCCOc1ccc(C(=O)/C(=C/c2cccc([N+](=O)[O-])c2)c2nc3ccccc3o2)cc1. The van der Waals surface area contributed by atoms with E-state index in [0.717, 1.165) is 12.8 Å². The highest BCUT2D eigenvalue weighted by Crippen LogP contribution is 2.28. The summed E-state index contributed by atoms with van der Waals surface area (Å²) in [5.41, 5.74) is 2.22. The van der Waals surface area contributed by atoms with Crippen LogP contribution in [0.15, 0.2) is 77.2 Å². The van der Waals surface area contributed by atoms with E-state index >= 15 is 0 Å². The molecule has 0 aliphatic heterocycles. The molecule has 0 spiro atoms. The Morgan fingerprint density at radius 3 is 2.61 bits per heavy atom. The molecule has 4 rings (SSSR count). The molecule has 7 heteroatoms. The standard InChI is InChI=1S/C26H22N2O5/c1-2-3-15-32-21-13-11-19(12-14-21)25(29)22(17-18-7-6-8-20(16-18)28(30)31)26-27-23-9-4-5-10-24(23)33-26/h4-14,16-17H,2-3,15H2,1H3/b22-17-. The van der Waals surface area contributed by atoms with Gasteiger partial charge in [0.15, 0.2) is 11.4 Å². The molecular formula is C26H22N2O5. The van der Waals surface area contributed by atoms with Gasteiger partial charge in [0.05, 0.1) is 17.1 Å². The van der Waals surface area contributed by atoms with Crippen molar-refractivity contribution < 1.29 is 18.9 Å². The summed E-state index contributed by atoms with van der Waals surface area (Å²) in [4.78, 5) is 28.6. The van der Waals surface area contributed by atoms with Crippen molar-refractivity contribution in [3.05, 3.63) is 99.9 Å². The fourth-order valence-electron chi connectivity index (χ4n) is 3.30. The van der Waals surface area contributed by atoms with Crippen molar-refractivity contribution in [3.8, 4) is 5.75 Å². The lowest BCUT2D eigenvalue weighted by Crippen LogP contribution is -2.04. The third kappa shape index (κ3) is 5.15. The van der Waals surface area contributed by atoms with E-state index in [1.807, 2.05) is 12.1 Å². The van der Waals surface area contributed by atoms with Gasteiger partial charge in [-0.15, -0.1) is 0 Å². The summed E-state index contributed by atoms with van der Waals surface area (Å²) in [6.07, 6.45) is 3.55. The molecule has 1 heterocycles. The highest BCUT2D eigenvalue weighted by molar-refractivity contribution is 6.31. The Hall–Kier alpha value is -4.26. The third-order valence-electron chi connectivity index (χ3n) is 5.04. The lowest BCUT2D eigenvalue weighted by molar-refractivity contribution is -0.384. The fourth-order valence-corrected chi connectivity index (χ4v) is 3.30. The van der Waals surface area contributed by atoms with Gasteiger partial charge in [0.25, 0.3) is 5.69 Å². The summed E-state index contributed by atoms with van der Waals surface area (Å²) in [7, 11) is 0. The predicted molar refractivity (Wildman–Crippen MR) is 126 cm³/mol. The number of nitro groups is 1. The number of hydrogen-bond acceptors (Lipinski definition) is 6. The molecule has 0 radical (unpaired) electrons. The number of aromatic nitrogens is 1. The largest absolute Gasteiger partial charge is 0.494 e. The smallest absolute Gasteiger partial charge is 0.270 e. The van der Waals surface area contributed by atoms with Crippen molar-refractivity contribution >= 4 is 34.2 Å². The topological polar surface area (TPSA) is 95.5 Å². The zero-order valence-corrected chi connectivity index (χ0v) is 18.1. The Balaban J connectivity index is 1.73. The van der Waals surface area contributed by atoms with Gasteiger partial charge in [0.1, 0.15) is 11.3 Å². The number of unbranched alkanes of at least 4 members (excludes halogenated alkanes) is 1. The number of carbonyl (C=O) groups excluding carboxylic acids is 1. The summed E-state index contributed by atoms with van der Waals surface area (Å²) in [6, 6.07) is 20.1. The number of para-hydroxylation sites is 2. The summed E-state index contributed by atoms with van der Waals surface area (Å²) >= 11 is 0. The van der Waals surface area contributed by atoms with E-state index in [4.69, 9.17) is 9.15 Å². The number of ether oxygens (including phenoxy) is 1. The average Bonchev–Trinajstić information content (AvgIpc) is 3.27. The summed E-state index contributed by atoms with van der Waals surface area (Å²) in [6.45, 7) is 2.71. The van der Waals surface area contributed by atoms with Gasteiger partial charge >= 0.3 is 0 Å². The van der Waals surface area contributed by atoms with Crippen LogP contribution in [-0.4, -0.2) is 22.3 Å². The van der Waals surface area contributed by atoms with Crippen LogP contribution in [0.1, 0.15) is 41.6 Å². The number of benzene rings is 3. The van der Waals surface area contributed by atoms with Gasteiger partial charge in [-0.2, -0.15) is 0 Å². The van der Waals surface area contributed by atoms with E-state index in [1.165, 1.54) is 12.1 Å². The quantitative estimate of drug-likeness (QED) is 0.0987. The number of fused-ring (bicyclic) bond motifs is 1. The Morgan fingerprint density at radius 1 is 1.09 bits per heavy atom. The number of Topliss-reactive ketones (excluding diaryl/α,β-unsaturated/α-hetero) is 1. The van der Waals surface area contributed by atoms with E-state index < -0.39 is 4.92 Å². The zero-order chi connectivity index (χ0) is 23.2. The van der Waals surface area contributed by atoms with Crippen LogP contribution < -0.4 is 4.74 Å². The molecule has 0 N–H and O–H groups in total. The van der Waals surface area contributed by atoms with Crippen molar-refractivity contribution in [1.29, 1.82) is 0 Å². The van der Waals surface area contributed by atoms with Crippen LogP contribution in [0, 0.1) is 10.1 Å². The van der Waals surface area contributed by atoms with Crippen LogP contribution in [0.4, 0.5) is 5.69 Å². The number of rotatable bonds is 9. The number of oxazole rings is 1. The highest BCUT2D eigenvalue weighted by atomic mass is 16.6. The van der Waals surface area contributed by atoms with Crippen LogP contribution in [0.2, 0.25) is 0 Å². The van der Waals surface area contributed by atoms with Gasteiger partial charge in [-0.3, -0.25) is 14.9 Å². The second-order valence-corrected chi connectivity index (χ2v) is 7.45. The maximum absolute atomic E-state index is 13.5. The molecule has 7 nitrogen and oxygen atoms in total. The first-order valence-corrected chi connectivity index (χ1v) is 10.6. The van der Waals surface area contributed by atoms with Gasteiger partial charge in [0.2, 0.25) is 5.89 Å². The first-order chi connectivity index (χ1) is 16.0. The first-order valence-electron chi connectivity index (χ1n) is 10.6. The van der Waals surface area contributed by atoms with E-state index in [2.05, 4.69) is 11.9 Å². The van der Waals surface area contributed by atoms with Crippen LogP contribution in [0.5, 0.6) is 5.75 Å². The number of non-ortho nitro benzene ring substituents is 1. The number of hydrogen-bond donors (Lipinski definition) is 0. The van der Waals surface area contributed by atoms with E-state index in [9.17, 15) is 14.9 Å². The average molecular weight is 442 g/mol.